The van der Waals surface area contributed by atoms with Crippen molar-refractivity contribution in [3.05, 3.63) is 34.4 Å². The van der Waals surface area contributed by atoms with E-state index in [4.69, 9.17) is 16.3 Å². The Bertz CT molecular complexity index is 572. The first kappa shape index (κ1) is 17.1. The third-order valence-electron chi connectivity index (χ3n) is 2.97. The predicted molar refractivity (Wildman–Crippen MR) is 84.1 cm³/mol. The summed E-state index contributed by atoms with van der Waals surface area (Å²) in [6, 6.07) is 7.13. The topological polar surface area (TPSA) is 53.3 Å². The van der Waals surface area contributed by atoms with Gasteiger partial charge in [-0.25, -0.2) is 0 Å². The highest BCUT2D eigenvalue weighted by Gasteiger charge is 2.15. The van der Waals surface area contributed by atoms with Gasteiger partial charge in [0.1, 0.15) is 17.4 Å². The number of halogens is 1. The van der Waals surface area contributed by atoms with Gasteiger partial charge in [0, 0.05) is 13.1 Å². The van der Waals surface area contributed by atoms with Gasteiger partial charge < -0.3 is 9.64 Å². The number of hydrogen-bond acceptors (Lipinski definition) is 3. The molecular weight excluding hydrogens is 288 g/mol. The van der Waals surface area contributed by atoms with E-state index in [1.54, 1.807) is 29.2 Å². The van der Waals surface area contributed by atoms with Gasteiger partial charge in [0.2, 0.25) is 0 Å². The smallest absolute Gasteiger partial charge is 0.264 e. The van der Waals surface area contributed by atoms with Crippen LogP contribution in [0.15, 0.2) is 23.8 Å². The fourth-order valence-electron chi connectivity index (χ4n) is 1.87. The van der Waals surface area contributed by atoms with Gasteiger partial charge in [-0.2, -0.15) is 5.26 Å². The average molecular weight is 307 g/mol. The van der Waals surface area contributed by atoms with Crippen molar-refractivity contribution in [1.29, 1.82) is 5.26 Å². The normalized spacial score (nSPS) is 10.9. The number of rotatable bonds is 6. The molecule has 0 saturated carbocycles. The fourth-order valence-corrected chi connectivity index (χ4v) is 2.11. The number of nitriles is 1. The Morgan fingerprint density at radius 3 is 2.52 bits per heavy atom. The number of likely N-dealkylation sites (N-methyl/N-ethyl adjacent to an activating group) is 1. The number of carbonyl (C=O) groups is 1. The van der Waals surface area contributed by atoms with Crippen LogP contribution in [0.2, 0.25) is 5.02 Å². The van der Waals surface area contributed by atoms with Crippen molar-refractivity contribution < 1.29 is 9.53 Å². The molecule has 0 heterocycles. The molecular formula is C16H19ClN2O2. The van der Waals surface area contributed by atoms with Crippen molar-refractivity contribution in [2.45, 2.75) is 20.8 Å². The number of nitrogens with zero attached hydrogens (tertiary/aromatic N) is 2. The van der Waals surface area contributed by atoms with Crippen molar-refractivity contribution in [2.24, 2.45) is 0 Å². The number of hydrogen-bond donors (Lipinski definition) is 0. The minimum absolute atomic E-state index is 0.0962. The third kappa shape index (κ3) is 4.51. The van der Waals surface area contributed by atoms with E-state index in [2.05, 4.69) is 0 Å². The second-order valence-corrected chi connectivity index (χ2v) is 4.68. The van der Waals surface area contributed by atoms with Crippen molar-refractivity contribution in [2.75, 3.05) is 19.7 Å². The summed E-state index contributed by atoms with van der Waals surface area (Å²) in [6.07, 6.45) is 1.54. The fraction of sp³-hybridized carbons (Fsp3) is 0.375. The molecule has 0 bridgehead atoms. The molecule has 1 aromatic rings. The van der Waals surface area contributed by atoms with Crippen LogP contribution in [0.25, 0.3) is 6.08 Å². The lowest BCUT2D eigenvalue weighted by Crippen LogP contribution is -2.31. The van der Waals surface area contributed by atoms with E-state index < -0.39 is 0 Å². The van der Waals surface area contributed by atoms with E-state index >= 15 is 0 Å². The highest BCUT2D eigenvalue weighted by atomic mass is 35.5. The van der Waals surface area contributed by atoms with E-state index in [9.17, 15) is 10.1 Å². The van der Waals surface area contributed by atoms with Gasteiger partial charge in [-0.1, -0.05) is 17.7 Å². The van der Waals surface area contributed by atoms with Crippen molar-refractivity contribution in [1.82, 2.24) is 4.90 Å². The number of carbonyl (C=O) groups excluding carboxylic acids is 1. The number of benzene rings is 1. The van der Waals surface area contributed by atoms with Gasteiger partial charge in [0.05, 0.1) is 11.6 Å². The maximum atomic E-state index is 12.2. The molecule has 0 saturated heterocycles. The zero-order valence-electron chi connectivity index (χ0n) is 12.5. The van der Waals surface area contributed by atoms with Crippen LogP contribution in [-0.4, -0.2) is 30.5 Å². The lowest BCUT2D eigenvalue weighted by Gasteiger charge is -2.17. The number of amides is 1. The van der Waals surface area contributed by atoms with Crippen LogP contribution in [0.3, 0.4) is 0 Å². The molecule has 1 amide bonds. The minimum Gasteiger partial charge on any atom is -0.492 e. The summed E-state index contributed by atoms with van der Waals surface area (Å²) in [5, 5.41) is 9.64. The molecule has 0 fully saturated rings. The number of ether oxygens (including phenoxy) is 1. The Balaban J connectivity index is 3.06. The molecule has 0 aliphatic heterocycles. The van der Waals surface area contributed by atoms with Gasteiger partial charge in [0.25, 0.3) is 5.91 Å². The maximum Gasteiger partial charge on any atom is 0.264 e. The van der Waals surface area contributed by atoms with Crippen LogP contribution >= 0.6 is 11.6 Å². The van der Waals surface area contributed by atoms with Crippen molar-refractivity contribution >= 4 is 23.6 Å². The van der Waals surface area contributed by atoms with E-state index in [1.807, 2.05) is 26.8 Å². The van der Waals surface area contributed by atoms with Crippen LogP contribution < -0.4 is 4.74 Å². The second kappa shape index (κ2) is 8.33. The van der Waals surface area contributed by atoms with Crippen LogP contribution in [0, 0.1) is 11.3 Å². The van der Waals surface area contributed by atoms with Crippen LogP contribution in [-0.2, 0) is 4.79 Å². The first-order valence-corrected chi connectivity index (χ1v) is 7.28. The SMILES string of the molecule is CCOc1ccc(/C=C(/C#N)C(=O)N(CC)CC)cc1Cl. The molecule has 0 aliphatic carbocycles. The third-order valence-corrected chi connectivity index (χ3v) is 3.26. The Kier molecular flexibility index (Phi) is 6.77. The summed E-state index contributed by atoms with van der Waals surface area (Å²) < 4.78 is 5.35. The summed E-state index contributed by atoms with van der Waals surface area (Å²) in [5.74, 6) is 0.317. The first-order valence-electron chi connectivity index (χ1n) is 6.90. The quantitative estimate of drug-likeness (QED) is 0.597. The molecule has 4 nitrogen and oxygen atoms in total. The van der Waals surface area contributed by atoms with Crippen LogP contribution in [0.4, 0.5) is 0 Å². The second-order valence-electron chi connectivity index (χ2n) is 4.27. The standard InChI is InChI=1S/C16H19ClN2O2/c1-4-19(5-2)16(20)13(11-18)9-12-7-8-15(21-6-3)14(17)10-12/h7-10H,4-6H2,1-3H3/b13-9-. The van der Waals surface area contributed by atoms with Gasteiger partial charge >= 0.3 is 0 Å². The Labute approximate surface area is 130 Å². The summed E-state index contributed by atoms with van der Waals surface area (Å²) in [6.45, 7) is 7.30. The highest BCUT2D eigenvalue weighted by molar-refractivity contribution is 6.32. The van der Waals surface area contributed by atoms with Gasteiger partial charge in [0.15, 0.2) is 0 Å². The zero-order chi connectivity index (χ0) is 15.8. The molecule has 0 aromatic heterocycles. The molecule has 0 aliphatic rings. The molecule has 0 unspecified atom stereocenters. The highest BCUT2D eigenvalue weighted by Crippen LogP contribution is 2.26. The van der Waals surface area contributed by atoms with E-state index in [1.165, 1.54) is 0 Å². The predicted octanol–water partition coefficient (Wildman–Crippen LogP) is 3.51. The summed E-state index contributed by atoms with van der Waals surface area (Å²) >= 11 is 6.10. The molecule has 0 spiro atoms. The molecule has 112 valence electrons. The van der Waals surface area contributed by atoms with Crippen molar-refractivity contribution in [3.63, 3.8) is 0 Å². The van der Waals surface area contributed by atoms with Gasteiger partial charge in [-0.15, -0.1) is 0 Å². The molecule has 0 N–H and O–H groups in total. The van der Waals surface area contributed by atoms with Crippen molar-refractivity contribution in [3.8, 4) is 11.8 Å². The van der Waals surface area contributed by atoms with Gasteiger partial charge in [-0.05, 0) is 44.5 Å². The molecule has 0 atom stereocenters. The van der Waals surface area contributed by atoms with Gasteiger partial charge in [-0.3, -0.25) is 4.79 Å². The molecule has 1 rings (SSSR count). The van der Waals surface area contributed by atoms with E-state index in [-0.39, 0.29) is 11.5 Å². The van der Waals surface area contributed by atoms with Crippen LogP contribution in [0.5, 0.6) is 5.75 Å². The molecule has 5 heteroatoms. The molecule has 0 radical (unpaired) electrons. The first-order chi connectivity index (χ1) is 10.1. The Hall–Kier alpha value is -1.99. The summed E-state index contributed by atoms with van der Waals surface area (Å²) in [7, 11) is 0. The van der Waals surface area contributed by atoms with E-state index in [0.717, 1.165) is 0 Å². The molecule has 1 aromatic carbocycles. The Morgan fingerprint density at radius 2 is 2.05 bits per heavy atom. The van der Waals surface area contributed by atoms with Crippen LogP contribution in [0.1, 0.15) is 26.3 Å². The van der Waals surface area contributed by atoms with E-state index in [0.29, 0.717) is 36.0 Å². The Morgan fingerprint density at radius 1 is 1.38 bits per heavy atom. The monoisotopic (exact) mass is 306 g/mol. The lowest BCUT2D eigenvalue weighted by atomic mass is 10.1. The largest absolute Gasteiger partial charge is 0.492 e. The summed E-state index contributed by atoms with van der Waals surface area (Å²) in [5.41, 5.74) is 0.791. The average Bonchev–Trinajstić information content (AvgIpc) is 2.48. The zero-order valence-corrected chi connectivity index (χ0v) is 13.3. The minimum atomic E-state index is -0.271. The maximum absolute atomic E-state index is 12.2. The summed E-state index contributed by atoms with van der Waals surface area (Å²) in [4.78, 5) is 13.8. The lowest BCUT2D eigenvalue weighted by molar-refractivity contribution is -0.126. The molecule has 21 heavy (non-hydrogen) atoms.